The summed E-state index contributed by atoms with van der Waals surface area (Å²) in [7, 11) is 4.47. The van der Waals surface area contributed by atoms with E-state index in [1.165, 1.54) is 51.8 Å². The SMILES string of the molecule is COc1ccc(C=NNC(=O)c2ccc([N+](=O)[O-])cc2)c(OC)c1OC. The Labute approximate surface area is 149 Å². The molecule has 0 saturated heterocycles. The Morgan fingerprint density at radius 1 is 1.04 bits per heavy atom. The normalized spacial score (nSPS) is 10.4. The standard InChI is InChI=1S/C17H17N3O6/c1-24-14-9-6-12(15(25-2)16(14)26-3)10-18-19-17(21)11-4-7-13(8-5-11)20(22)23/h4-10H,1-3H3,(H,19,21). The summed E-state index contributed by atoms with van der Waals surface area (Å²) in [6, 6.07) is 8.56. The molecule has 0 saturated carbocycles. The zero-order chi connectivity index (χ0) is 19.1. The topological polar surface area (TPSA) is 112 Å². The third kappa shape index (κ3) is 4.07. The number of rotatable bonds is 7. The van der Waals surface area contributed by atoms with Gasteiger partial charge in [-0.1, -0.05) is 0 Å². The number of nitro groups is 1. The first kappa shape index (κ1) is 18.7. The van der Waals surface area contributed by atoms with Crippen molar-refractivity contribution in [3.05, 3.63) is 57.6 Å². The Morgan fingerprint density at radius 3 is 2.23 bits per heavy atom. The Kier molecular flexibility index (Phi) is 6.10. The van der Waals surface area contributed by atoms with Gasteiger partial charge in [-0.25, -0.2) is 5.43 Å². The van der Waals surface area contributed by atoms with E-state index < -0.39 is 10.8 Å². The molecule has 0 bridgehead atoms. The molecule has 9 nitrogen and oxygen atoms in total. The van der Waals surface area contributed by atoms with Crippen LogP contribution in [0, 0.1) is 10.1 Å². The van der Waals surface area contributed by atoms with Gasteiger partial charge in [0, 0.05) is 23.3 Å². The van der Waals surface area contributed by atoms with Crippen molar-refractivity contribution in [3.63, 3.8) is 0 Å². The number of carbonyl (C=O) groups is 1. The number of hydrogen-bond acceptors (Lipinski definition) is 7. The van der Waals surface area contributed by atoms with Crippen molar-refractivity contribution in [1.82, 2.24) is 5.43 Å². The molecule has 0 heterocycles. The van der Waals surface area contributed by atoms with E-state index in [1.54, 1.807) is 12.1 Å². The molecular formula is C17H17N3O6. The second kappa shape index (κ2) is 8.47. The molecule has 0 aliphatic carbocycles. The van der Waals surface area contributed by atoms with Gasteiger partial charge in [-0.15, -0.1) is 0 Å². The van der Waals surface area contributed by atoms with Crippen LogP contribution in [0.3, 0.4) is 0 Å². The summed E-state index contributed by atoms with van der Waals surface area (Å²) in [6.45, 7) is 0. The number of hydrogen-bond donors (Lipinski definition) is 1. The van der Waals surface area contributed by atoms with Crippen LogP contribution in [0.4, 0.5) is 5.69 Å². The highest BCUT2D eigenvalue weighted by molar-refractivity contribution is 5.95. The van der Waals surface area contributed by atoms with Crippen LogP contribution in [0.2, 0.25) is 0 Å². The minimum atomic E-state index is -0.539. The molecule has 26 heavy (non-hydrogen) atoms. The lowest BCUT2D eigenvalue weighted by Gasteiger charge is -2.13. The number of carbonyl (C=O) groups excluding carboxylic acids is 1. The van der Waals surface area contributed by atoms with Crippen LogP contribution >= 0.6 is 0 Å². The lowest BCUT2D eigenvalue weighted by molar-refractivity contribution is -0.384. The summed E-state index contributed by atoms with van der Waals surface area (Å²) in [5.41, 5.74) is 3.06. The van der Waals surface area contributed by atoms with Crippen molar-refractivity contribution < 1.29 is 23.9 Å². The maximum Gasteiger partial charge on any atom is 0.271 e. The van der Waals surface area contributed by atoms with Crippen LogP contribution in [0.1, 0.15) is 15.9 Å². The Bertz CT molecular complexity index is 833. The molecule has 0 radical (unpaired) electrons. The molecular weight excluding hydrogens is 342 g/mol. The predicted octanol–water partition coefficient (Wildman–Crippen LogP) is 2.38. The van der Waals surface area contributed by atoms with Crippen LogP contribution in [-0.4, -0.2) is 38.4 Å². The van der Waals surface area contributed by atoms with E-state index in [2.05, 4.69) is 10.5 Å². The van der Waals surface area contributed by atoms with Gasteiger partial charge >= 0.3 is 0 Å². The Morgan fingerprint density at radius 2 is 1.69 bits per heavy atom. The Hall–Kier alpha value is -3.62. The molecule has 9 heteroatoms. The Balaban J connectivity index is 2.15. The van der Waals surface area contributed by atoms with Crippen LogP contribution in [-0.2, 0) is 0 Å². The minimum absolute atomic E-state index is 0.0971. The molecule has 136 valence electrons. The van der Waals surface area contributed by atoms with E-state index in [0.29, 0.717) is 22.8 Å². The summed E-state index contributed by atoms with van der Waals surface area (Å²) in [5.74, 6) is 0.799. The van der Waals surface area contributed by atoms with Crippen molar-refractivity contribution >= 4 is 17.8 Å². The second-order valence-corrected chi connectivity index (χ2v) is 4.93. The van der Waals surface area contributed by atoms with E-state index in [-0.39, 0.29) is 11.3 Å². The van der Waals surface area contributed by atoms with Gasteiger partial charge < -0.3 is 14.2 Å². The molecule has 1 amide bonds. The number of hydrazone groups is 1. The number of methoxy groups -OCH3 is 3. The third-order valence-corrected chi connectivity index (χ3v) is 3.44. The number of non-ortho nitro benzene ring substituents is 1. The molecule has 0 spiro atoms. The van der Waals surface area contributed by atoms with Gasteiger partial charge in [0.2, 0.25) is 5.75 Å². The highest BCUT2D eigenvalue weighted by Gasteiger charge is 2.15. The minimum Gasteiger partial charge on any atom is -0.493 e. The lowest BCUT2D eigenvalue weighted by Crippen LogP contribution is -2.17. The summed E-state index contributed by atoms with van der Waals surface area (Å²) in [5, 5.41) is 14.5. The predicted molar refractivity (Wildman–Crippen MR) is 94.3 cm³/mol. The maximum atomic E-state index is 12.0. The number of nitrogens with one attached hydrogen (secondary N) is 1. The summed E-state index contributed by atoms with van der Waals surface area (Å²) in [4.78, 5) is 22.1. The molecule has 0 aliphatic rings. The molecule has 0 aromatic heterocycles. The summed E-state index contributed by atoms with van der Waals surface area (Å²) in [6.07, 6.45) is 1.39. The fourth-order valence-electron chi connectivity index (χ4n) is 2.19. The number of amides is 1. The van der Waals surface area contributed by atoms with E-state index in [9.17, 15) is 14.9 Å². The molecule has 1 N–H and O–H groups in total. The van der Waals surface area contributed by atoms with Crippen LogP contribution in [0.15, 0.2) is 41.5 Å². The number of nitrogens with zero attached hydrogens (tertiary/aromatic N) is 2. The zero-order valence-corrected chi connectivity index (χ0v) is 14.4. The van der Waals surface area contributed by atoms with Crippen molar-refractivity contribution in [3.8, 4) is 17.2 Å². The quantitative estimate of drug-likeness (QED) is 0.461. The van der Waals surface area contributed by atoms with Crippen LogP contribution < -0.4 is 19.6 Å². The number of ether oxygens (including phenoxy) is 3. The van der Waals surface area contributed by atoms with Gasteiger partial charge in [-0.2, -0.15) is 5.10 Å². The first-order valence-corrected chi connectivity index (χ1v) is 7.38. The van der Waals surface area contributed by atoms with Gasteiger partial charge in [-0.05, 0) is 24.3 Å². The largest absolute Gasteiger partial charge is 0.493 e. The molecule has 2 rings (SSSR count). The van der Waals surface area contributed by atoms with Gasteiger partial charge in [-0.3, -0.25) is 14.9 Å². The highest BCUT2D eigenvalue weighted by Crippen LogP contribution is 2.38. The van der Waals surface area contributed by atoms with E-state index >= 15 is 0 Å². The summed E-state index contributed by atoms with van der Waals surface area (Å²) < 4.78 is 15.8. The third-order valence-electron chi connectivity index (χ3n) is 3.44. The zero-order valence-electron chi connectivity index (χ0n) is 14.4. The highest BCUT2D eigenvalue weighted by atomic mass is 16.6. The van der Waals surface area contributed by atoms with Crippen molar-refractivity contribution in [2.24, 2.45) is 5.10 Å². The van der Waals surface area contributed by atoms with Gasteiger partial charge in [0.25, 0.3) is 11.6 Å². The van der Waals surface area contributed by atoms with Gasteiger partial charge in [0.1, 0.15) is 0 Å². The molecule has 0 atom stereocenters. The lowest BCUT2D eigenvalue weighted by atomic mass is 10.2. The van der Waals surface area contributed by atoms with Crippen LogP contribution in [0.25, 0.3) is 0 Å². The van der Waals surface area contributed by atoms with E-state index in [4.69, 9.17) is 14.2 Å². The fraction of sp³-hybridized carbons (Fsp3) is 0.176. The second-order valence-electron chi connectivity index (χ2n) is 4.93. The van der Waals surface area contributed by atoms with E-state index in [0.717, 1.165) is 0 Å². The smallest absolute Gasteiger partial charge is 0.271 e. The average Bonchev–Trinajstić information content (AvgIpc) is 2.67. The average molecular weight is 359 g/mol. The van der Waals surface area contributed by atoms with Crippen molar-refractivity contribution in [2.45, 2.75) is 0 Å². The van der Waals surface area contributed by atoms with Crippen molar-refractivity contribution in [1.29, 1.82) is 0 Å². The fourth-order valence-corrected chi connectivity index (χ4v) is 2.19. The molecule has 0 unspecified atom stereocenters. The van der Waals surface area contributed by atoms with Crippen molar-refractivity contribution in [2.75, 3.05) is 21.3 Å². The molecule has 0 aliphatic heterocycles. The number of benzene rings is 2. The molecule has 2 aromatic rings. The molecule has 2 aromatic carbocycles. The molecule has 0 fully saturated rings. The van der Waals surface area contributed by atoms with E-state index in [1.807, 2.05) is 0 Å². The van der Waals surface area contributed by atoms with Crippen LogP contribution in [0.5, 0.6) is 17.2 Å². The monoisotopic (exact) mass is 359 g/mol. The van der Waals surface area contributed by atoms with Gasteiger partial charge in [0.15, 0.2) is 11.5 Å². The first-order valence-electron chi connectivity index (χ1n) is 7.38. The number of nitro benzene ring substituents is 1. The summed E-state index contributed by atoms with van der Waals surface area (Å²) >= 11 is 0. The maximum absolute atomic E-state index is 12.0. The first-order chi connectivity index (χ1) is 12.5. The van der Waals surface area contributed by atoms with Gasteiger partial charge in [0.05, 0.1) is 32.5 Å².